The monoisotopic (exact) mass is 284 g/mol. The highest BCUT2D eigenvalue weighted by Crippen LogP contribution is 2.45. The minimum absolute atomic E-state index is 0.226. The first-order chi connectivity index (χ1) is 7.32. The van der Waals surface area contributed by atoms with Crippen LogP contribution in [-0.2, 0) is 22.3 Å². The molecule has 0 amide bonds. The molecule has 0 fully saturated rings. The predicted molar refractivity (Wildman–Crippen MR) is 77.2 cm³/mol. The van der Waals surface area contributed by atoms with Crippen LogP contribution in [0.2, 0.25) is 0 Å². The van der Waals surface area contributed by atoms with Gasteiger partial charge in [-0.1, -0.05) is 26.7 Å². The molecule has 0 radical (unpaired) electrons. The normalized spacial score (nSPS) is 19.4. The van der Waals surface area contributed by atoms with E-state index in [-0.39, 0.29) is 5.25 Å². The van der Waals surface area contributed by atoms with Crippen molar-refractivity contribution in [2.45, 2.75) is 58.6 Å². The zero-order chi connectivity index (χ0) is 12.8. The predicted octanol–water partition coefficient (Wildman–Crippen LogP) is 2.81. The lowest BCUT2D eigenvalue weighted by Crippen LogP contribution is -2.27. The fourth-order valence-electron chi connectivity index (χ4n) is 1.69. The molecule has 0 aromatic carbocycles. The van der Waals surface area contributed by atoms with Crippen LogP contribution < -0.4 is 4.89 Å². The Labute approximate surface area is 108 Å². The quantitative estimate of drug-likeness (QED) is 0.550. The third kappa shape index (κ3) is 6.61. The molecule has 98 valence electrons. The second-order valence-electron chi connectivity index (χ2n) is 4.50. The van der Waals surface area contributed by atoms with Gasteiger partial charge in [-0.25, -0.2) is 0 Å². The summed E-state index contributed by atoms with van der Waals surface area (Å²) < 4.78 is 0. The molecule has 0 saturated heterocycles. The summed E-state index contributed by atoms with van der Waals surface area (Å²) in [5.41, 5.74) is -3.32. The first kappa shape index (κ1) is 16.9. The highest BCUT2D eigenvalue weighted by Gasteiger charge is 2.32. The molecule has 0 aliphatic carbocycles. The molecule has 16 heavy (non-hydrogen) atoms. The van der Waals surface area contributed by atoms with Gasteiger partial charge >= 0.3 is 0 Å². The molecule has 3 unspecified atom stereocenters. The van der Waals surface area contributed by atoms with E-state index in [2.05, 4.69) is 13.8 Å². The van der Waals surface area contributed by atoms with Crippen LogP contribution in [0.4, 0.5) is 0 Å². The zero-order valence-electron chi connectivity index (χ0n) is 10.8. The Morgan fingerprint density at radius 1 is 1.38 bits per heavy atom. The van der Waals surface area contributed by atoms with Crippen molar-refractivity contribution in [3.63, 3.8) is 0 Å². The van der Waals surface area contributed by atoms with Gasteiger partial charge in [-0.3, -0.25) is 0 Å². The molecule has 5 heteroatoms. The number of hydrogen-bond donors (Lipinski definition) is 1. The van der Waals surface area contributed by atoms with Gasteiger partial charge in [0.2, 0.25) is 0 Å². The molecule has 0 heterocycles. The van der Waals surface area contributed by atoms with E-state index in [1.807, 2.05) is 13.8 Å². The highest BCUT2D eigenvalue weighted by molar-refractivity contribution is 8.64. The molecule has 0 aliphatic rings. The van der Waals surface area contributed by atoms with Gasteiger partial charge in [0.15, 0.2) is 5.69 Å². The van der Waals surface area contributed by atoms with Gasteiger partial charge in [-0.2, -0.15) is 0 Å². The summed E-state index contributed by atoms with van der Waals surface area (Å²) in [6, 6.07) is 0. The third-order valence-electron chi connectivity index (χ3n) is 2.79. The van der Waals surface area contributed by atoms with Gasteiger partial charge in [-0.05, 0) is 38.5 Å². The average Bonchev–Trinajstić information content (AvgIpc) is 2.15. The zero-order valence-corrected chi connectivity index (χ0v) is 13.3. The van der Waals surface area contributed by atoms with Crippen LogP contribution >= 0.6 is 5.69 Å². The van der Waals surface area contributed by atoms with Crippen LogP contribution in [0.1, 0.15) is 53.4 Å². The molecular formula is C11H25O2PS2. The Morgan fingerprint density at radius 3 is 2.25 bits per heavy atom. The molecule has 0 aromatic heterocycles. The second kappa shape index (κ2) is 8.10. The Balaban J connectivity index is 4.42. The Morgan fingerprint density at radius 2 is 1.94 bits per heavy atom. The van der Waals surface area contributed by atoms with E-state index in [0.717, 1.165) is 12.2 Å². The Kier molecular flexibility index (Phi) is 8.56. The number of unbranched alkanes of at least 4 members (excludes halogenated alkanes) is 1. The van der Waals surface area contributed by atoms with Crippen molar-refractivity contribution in [3.8, 4) is 0 Å². The maximum absolute atomic E-state index is 11.7. The van der Waals surface area contributed by atoms with E-state index in [4.69, 9.17) is 11.8 Å². The van der Waals surface area contributed by atoms with Crippen LogP contribution in [0.5, 0.6) is 0 Å². The minimum Gasteiger partial charge on any atom is -0.760 e. The molecule has 1 N–H and O–H groups in total. The van der Waals surface area contributed by atoms with E-state index < -0.39 is 16.2 Å². The van der Waals surface area contributed by atoms with E-state index in [1.54, 1.807) is 0 Å². The van der Waals surface area contributed by atoms with Crippen molar-refractivity contribution in [2.75, 3.05) is 5.75 Å². The maximum Gasteiger partial charge on any atom is 0.197 e. The molecule has 0 aromatic rings. The van der Waals surface area contributed by atoms with Crippen molar-refractivity contribution in [2.24, 2.45) is 5.92 Å². The summed E-state index contributed by atoms with van der Waals surface area (Å²) in [5.74, 6) is 1.40. The maximum atomic E-state index is 11.7. The SMILES string of the molecule is CCCCC(CC)C[S+](C(C)C)P([O-])(O)=S. The van der Waals surface area contributed by atoms with Gasteiger partial charge in [-0.15, -0.1) is 0 Å². The van der Waals surface area contributed by atoms with Crippen LogP contribution in [0.3, 0.4) is 0 Å². The molecule has 0 aliphatic heterocycles. The Hall–Kier alpha value is 0.920. The van der Waals surface area contributed by atoms with Crippen molar-refractivity contribution in [1.82, 2.24) is 0 Å². The summed E-state index contributed by atoms with van der Waals surface area (Å²) in [6.45, 7) is 8.35. The lowest BCUT2D eigenvalue weighted by atomic mass is 10.0. The van der Waals surface area contributed by atoms with Crippen LogP contribution in [-0.4, -0.2) is 15.9 Å². The molecule has 0 bridgehead atoms. The Bertz CT molecular complexity index is 228. The molecular weight excluding hydrogens is 259 g/mol. The summed E-state index contributed by atoms with van der Waals surface area (Å²) >= 11 is 4.78. The van der Waals surface area contributed by atoms with Crippen molar-refractivity contribution < 1.29 is 9.79 Å². The fourth-order valence-corrected chi connectivity index (χ4v) is 8.58. The van der Waals surface area contributed by atoms with Crippen molar-refractivity contribution in [3.05, 3.63) is 0 Å². The van der Waals surface area contributed by atoms with E-state index in [9.17, 15) is 9.79 Å². The van der Waals surface area contributed by atoms with E-state index >= 15 is 0 Å². The molecule has 0 spiro atoms. The lowest BCUT2D eigenvalue weighted by Gasteiger charge is -2.27. The first-order valence-electron chi connectivity index (χ1n) is 6.07. The van der Waals surface area contributed by atoms with Crippen LogP contribution in [0.15, 0.2) is 0 Å². The van der Waals surface area contributed by atoms with Crippen molar-refractivity contribution >= 4 is 28.0 Å². The fraction of sp³-hybridized carbons (Fsp3) is 1.00. The number of hydrogen-bond acceptors (Lipinski definition) is 2. The second-order valence-corrected chi connectivity index (χ2v) is 12.6. The highest BCUT2D eigenvalue weighted by atomic mass is 32.9. The number of rotatable bonds is 8. The summed E-state index contributed by atoms with van der Waals surface area (Å²) in [6.07, 6.45) is 4.65. The van der Waals surface area contributed by atoms with Crippen LogP contribution in [0, 0.1) is 5.92 Å². The molecule has 3 atom stereocenters. The molecule has 0 saturated carbocycles. The molecule has 2 nitrogen and oxygen atoms in total. The van der Waals surface area contributed by atoms with Crippen LogP contribution in [0.25, 0.3) is 0 Å². The summed E-state index contributed by atoms with van der Waals surface area (Å²) in [4.78, 5) is 21.3. The van der Waals surface area contributed by atoms with Gasteiger partial charge in [0, 0.05) is 16.4 Å². The van der Waals surface area contributed by atoms with E-state index in [1.165, 1.54) is 19.3 Å². The van der Waals surface area contributed by atoms with E-state index in [0.29, 0.717) is 5.92 Å². The third-order valence-corrected chi connectivity index (χ3v) is 10.5. The van der Waals surface area contributed by atoms with Gasteiger partial charge in [0.25, 0.3) is 0 Å². The van der Waals surface area contributed by atoms with Crippen molar-refractivity contribution in [1.29, 1.82) is 0 Å². The van der Waals surface area contributed by atoms with Gasteiger partial charge < -0.3 is 9.79 Å². The minimum atomic E-state index is -3.32. The standard InChI is InChI=1S/C11H25O2PS2/c1-5-7-8-11(6-2)9-16(10(3)4)14(12,13)15/h10-11H,5-9H2,1-4H3,(H-,12,13,15). The molecule has 0 rings (SSSR count). The smallest absolute Gasteiger partial charge is 0.197 e. The lowest BCUT2D eigenvalue weighted by molar-refractivity contribution is -0.170. The van der Waals surface area contributed by atoms with Gasteiger partial charge in [0.05, 0.1) is 0 Å². The summed E-state index contributed by atoms with van der Waals surface area (Å²) in [5, 5.41) is 0.226. The topological polar surface area (TPSA) is 43.3 Å². The average molecular weight is 284 g/mol. The summed E-state index contributed by atoms with van der Waals surface area (Å²) in [7, 11) is -0.501. The van der Waals surface area contributed by atoms with Gasteiger partial charge in [0.1, 0.15) is 11.0 Å². The largest absolute Gasteiger partial charge is 0.760 e. The first-order valence-corrected chi connectivity index (χ1v) is 10.8.